The van der Waals surface area contributed by atoms with Gasteiger partial charge in [0.05, 0.1) is 12.8 Å². The third-order valence-corrected chi connectivity index (χ3v) is 2.73. The van der Waals surface area contributed by atoms with Crippen LogP contribution < -0.4 is 10.5 Å². The fourth-order valence-electron chi connectivity index (χ4n) is 1.80. The molecule has 0 bridgehead atoms. The zero-order valence-electron chi connectivity index (χ0n) is 10.1. The Kier molecular flexibility index (Phi) is 3.19. The van der Waals surface area contributed by atoms with Crippen LogP contribution in [0.5, 0.6) is 5.75 Å². The molecular formula is C14H13F2NO. The van der Waals surface area contributed by atoms with Gasteiger partial charge in [0.1, 0.15) is 17.4 Å². The van der Waals surface area contributed by atoms with Crippen LogP contribution in [0.1, 0.15) is 5.56 Å². The van der Waals surface area contributed by atoms with Crippen molar-refractivity contribution in [1.29, 1.82) is 0 Å². The molecule has 0 fully saturated rings. The van der Waals surface area contributed by atoms with Gasteiger partial charge < -0.3 is 10.5 Å². The number of hydrogen-bond donors (Lipinski definition) is 1. The summed E-state index contributed by atoms with van der Waals surface area (Å²) in [6, 6.07) is 7.37. The number of anilines is 1. The van der Waals surface area contributed by atoms with Gasteiger partial charge in [-0.25, -0.2) is 8.78 Å². The quantitative estimate of drug-likeness (QED) is 0.826. The lowest BCUT2D eigenvalue weighted by atomic mass is 10.0. The monoisotopic (exact) mass is 249 g/mol. The Hall–Kier alpha value is -2.10. The van der Waals surface area contributed by atoms with Gasteiger partial charge in [-0.3, -0.25) is 0 Å². The van der Waals surface area contributed by atoms with E-state index in [9.17, 15) is 8.78 Å². The fourth-order valence-corrected chi connectivity index (χ4v) is 1.80. The number of methoxy groups -OCH3 is 1. The average Bonchev–Trinajstić information content (AvgIpc) is 2.34. The molecule has 0 unspecified atom stereocenters. The highest BCUT2D eigenvalue weighted by Gasteiger charge is 2.14. The first-order valence-electron chi connectivity index (χ1n) is 5.42. The maximum atomic E-state index is 13.9. The van der Waals surface area contributed by atoms with Crippen molar-refractivity contribution in [2.45, 2.75) is 6.92 Å². The van der Waals surface area contributed by atoms with Crippen LogP contribution in [-0.4, -0.2) is 7.11 Å². The van der Waals surface area contributed by atoms with Crippen LogP contribution in [0, 0.1) is 18.6 Å². The molecule has 0 amide bonds. The minimum absolute atomic E-state index is 0.141. The Balaban J connectivity index is 2.68. The van der Waals surface area contributed by atoms with Crippen LogP contribution in [0.25, 0.3) is 11.1 Å². The molecule has 94 valence electrons. The standard InChI is InChI=1S/C14H13F2NO/c1-8-3-4-14(18-2)10(5-8)9-6-12(16)13(17)7-11(9)15/h3-7H,17H2,1-2H3. The SMILES string of the molecule is COc1ccc(C)cc1-c1cc(F)c(N)cc1F. The molecule has 0 aromatic heterocycles. The predicted octanol–water partition coefficient (Wildman–Crippen LogP) is 3.53. The summed E-state index contributed by atoms with van der Waals surface area (Å²) < 4.78 is 32.5. The lowest BCUT2D eigenvalue weighted by Crippen LogP contribution is -1.96. The minimum Gasteiger partial charge on any atom is -0.496 e. The fraction of sp³-hybridized carbons (Fsp3) is 0.143. The predicted molar refractivity (Wildman–Crippen MR) is 67.5 cm³/mol. The first-order chi connectivity index (χ1) is 8.52. The molecule has 2 aromatic rings. The summed E-state index contributed by atoms with van der Waals surface area (Å²) in [6.45, 7) is 1.87. The second-order valence-electron chi connectivity index (χ2n) is 4.06. The Labute approximate surface area is 104 Å². The Morgan fingerprint density at radius 1 is 1.00 bits per heavy atom. The number of aryl methyl sites for hydroxylation is 1. The van der Waals surface area contributed by atoms with E-state index >= 15 is 0 Å². The van der Waals surface area contributed by atoms with Crippen LogP contribution >= 0.6 is 0 Å². The number of rotatable bonds is 2. The van der Waals surface area contributed by atoms with Crippen LogP contribution in [0.3, 0.4) is 0 Å². The van der Waals surface area contributed by atoms with E-state index in [1.54, 1.807) is 12.1 Å². The van der Waals surface area contributed by atoms with Crippen LogP contribution in [0.4, 0.5) is 14.5 Å². The smallest absolute Gasteiger partial charge is 0.146 e. The molecule has 0 heterocycles. The van der Waals surface area contributed by atoms with E-state index in [1.807, 2.05) is 13.0 Å². The molecular weight excluding hydrogens is 236 g/mol. The molecule has 0 aliphatic rings. The molecule has 0 saturated carbocycles. The highest BCUT2D eigenvalue weighted by Crippen LogP contribution is 2.34. The van der Waals surface area contributed by atoms with Crippen molar-refractivity contribution in [3.8, 4) is 16.9 Å². The molecule has 18 heavy (non-hydrogen) atoms. The number of nitrogens with two attached hydrogens (primary N) is 1. The van der Waals surface area contributed by atoms with Gasteiger partial charge in [-0.15, -0.1) is 0 Å². The third kappa shape index (κ3) is 2.14. The summed E-state index contributed by atoms with van der Waals surface area (Å²) in [4.78, 5) is 0. The van der Waals surface area contributed by atoms with E-state index in [0.29, 0.717) is 11.3 Å². The van der Waals surface area contributed by atoms with Crippen LogP contribution in [0.15, 0.2) is 30.3 Å². The van der Waals surface area contributed by atoms with Crippen LogP contribution in [-0.2, 0) is 0 Å². The largest absolute Gasteiger partial charge is 0.496 e. The van der Waals surface area contributed by atoms with Crippen molar-refractivity contribution in [3.63, 3.8) is 0 Å². The summed E-state index contributed by atoms with van der Waals surface area (Å²) in [5.74, 6) is -0.726. The van der Waals surface area contributed by atoms with E-state index in [0.717, 1.165) is 17.7 Å². The van der Waals surface area contributed by atoms with Gasteiger partial charge in [-0.05, 0) is 25.1 Å². The highest BCUT2D eigenvalue weighted by atomic mass is 19.1. The molecule has 0 aliphatic carbocycles. The maximum Gasteiger partial charge on any atom is 0.146 e. The topological polar surface area (TPSA) is 35.2 Å². The number of benzene rings is 2. The van der Waals surface area contributed by atoms with E-state index < -0.39 is 11.6 Å². The zero-order chi connectivity index (χ0) is 13.3. The molecule has 0 spiro atoms. The van der Waals surface area contributed by atoms with E-state index in [-0.39, 0.29) is 11.3 Å². The van der Waals surface area contributed by atoms with Crippen molar-refractivity contribution in [2.75, 3.05) is 12.8 Å². The molecule has 2 nitrogen and oxygen atoms in total. The zero-order valence-corrected chi connectivity index (χ0v) is 10.1. The molecule has 2 rings (SSSR count). The van der Waals surface area contributed by atoms with Gasteiger partial charge in [0.25, 0.3) is 0 Å². The van der Waals surface area contributed by atoms with Crippen molar-refractivity contribution in [3.05, 3.63) is 47.5 Å². The number of hydrogen-bond acceptors (Lipinski definition) is 2. The Morgan fingerprint density at radius 3 is 2.39 bits per heavy atom. The van der Waals surface area contributed by atoms with Crippen molar-refractivity contribution in [2.24, 2.45) is 0 Å². The van der Waals surface area contributed by atoms with Gasteiger partial charge in [0.15, 0.2) is 0 Å². The Morgan fingerprint density at radius 2 is 1.72 bits per heavy atom. The van der Waals surface area contributed by atoms with Gasteiger partial charge in [0.2, 0.25) is 0 Å². The molecule has 0 aliphatic heterocycles. The molecule has 2 N–H and O–H groups in total. The normalized spacial score (nSPS) is 10.4. The average molecular weight is 249 g/mol. The summed E-state index contributed by atoms with van der Waals surface area (Å²) >= 11 is 0. The maximum absolute atomic E-state index is 13.9. The second-order valence-corrected chi connectivity index (χ2v) is 4.06. The van der Waals surface area contributed by atoms with E-state index in [1.165, 1.54) is 7.11 Å². The summed E-state index contributed by atoms with van der Waals surface area (Å²) in [5, 5.41) is 0. The van der Waals surface area contributed by atoms with Gasteiger partial charge in [0, 0.05) is 17.2 Å². The molecule has 4 heteroatoms. The highest BCUT2D eigenvalue weighted by molar-refractivity contribution is 5.73. The van der Waals surface area contributed by atoms with Gasteiger partial charge in [-0.2, -0.15) is 0 Å². The van der Waals surface area contributed by atoms with Gasteiger partial charge >= 0.3 is 0 Å². The molecule has 0 saturated heterocycles. The van der Waals surface area contributed by atoms with Crippen molar-refractivity contribution in [1.82, 2.24) is 0 Å². The minimum atomic E-state index is -0.644. The lowest BCUT2D eigenvalue weighted by Gasteiger charge is -2.11. The van der Waals surface area contributed by atoms with E-state index in [4.69, 9.17) is 10.5 Å². The summed E-state index contributed by atoms with van der Waals surface area (Å²) in [7, 11) is 1.49. The summed E-state index contributed by atoms with van der Waals surface area (Å²) in [6.07, 6.45) is 0. The number of nitrogen functional groups attached to an aromatic ring is 1. The molecule has 0 radical (unpaired) electrons. The molecule has 0 atom stereocenters. The van der Waals surface area contributed by atoms with Crippen molar-refractivity contribution >= 4 is 5.69 Å². The lowest BCUT2D eigenvalue weighted by molar-refractivity contribution is 0.416. The van der Waals surface area contributed by atoms with E-state index in [2.05, 4.69) is 0 Å². The number of ether oxygens (including phenoxy) is 1. The number of halogens is 2. The van der Waals surface area contributed by atoms with Crippen molar-refractivity contribution < 1.29 is 13.5 Å². The molecule has 2 aromatic carbocycles. The first-order valence-corrected chi connectivity index (χ1v) is 5.42. The summed E-state index contributed by atoms with van der Waals surface area (Å²) in [5.41, 5.74) is 6.70. The van der Waals surface area contributed by atoms with Crippen LogP contribution in [0.2, 0.25) is 0 Å². The Bertz CT molecular complexity index is 597. The van der Waals surface area contributed by atoms with Gasteiger partial charge in [-0.1, -0.05) is 11.6 Å². The third-order valence-electron chi connectivity index (χ3n) is 2.73. The second kappa shape index (κ2) is 4.64. The first kappa shape index (κ1) is 12.4.